The van der Waals surface area contributed by atoms with Gasteiger partial charge in [-0.1, -0.05) is 0 Å². The molecule has 1 unspecified atom stereocenters. The van der Waals surface area contributed by atoms with E-state index in [0.717, 1.165) is 38.7 Å². The van der Waals surface area contributed by atoms with E-state index in [1.807, 2.05) is 0 Å². The maximum Gasteiger partial charge on any atom is 0.274 e. The third-order valence-corrected chi connectivity index (χ3v) is 4.27. The van der Waals surface area contributed by atoms with Crippen molar-refractivity contribution >= 4 is 11.8 Å². The Labute approximate surface area is 145 Å². The summed E-state index contributed by atoms with van der Waals surface area (Å²) in [6.45, 7) is 3.11. The van der Waals surface area contributed by atoms with Crippen molar-refractivity contribution < 1.29 is 18.4 Å². The number of carbonyl (C=O) groups is 2. The van der Waals surface area contributed by atoms with E-state index in [1.165, 1.54) is 24.3 Å². The highest BCUT2D eigenvalue weighted by atomic mass is 19.1. The van der Waals surface area contributed by atoms with Gasteiger partial charge in [-0.2, -0.15) is 0 Å². The first kappa shape index (κ1) is 17.1. The normalized spacial score (nSPS) is 15.7. The molecule has 2 aromatic rings. The number of amides is 2. The van der Waals surface area contributed by atoms with Crippen molar-refractivity contribution in [2.75, 3.05) is 13.1 Å². The van der Waals surface area contributed by atoms with Crippen LogP contribution in [0.2, 0.25) is 0 Å². The molecule has 0 aliphatic carbocycles. The molecule has 1 aliphatic rings. The molecule has 2 amide bonds. The zero-order chi connectivity index (χ0) is 17.8. The van der Waals surface area contributed by atoms with Crippen LogP contribution in [0.3, 0.4) is 0 Å². The molecule has 1 aliphatic heterocycles. The SMILES string of the molecule is CC(NC(=O)c1ncoc1-c1ccc(F)cc1)C(=O)N1CCCCC1. The van der Waals surface area contributed by atoms with E-state index in [-0.39, 0.29) is 23.2 Å². The molecule has 6 nitrogen and oxygen atoms in total. The number of carbonyl (C=O) groups excluding carboxylic acids is 2. The minimum absolute atomic E-state index is 0.0740. The summed E-state index contributed by atoms with van der Waals surface area (Å²) < 4.78 is 18.3. The number of hydrogen-bond donors (Lipinski definition) is 1. The molecular weight excluding hydrogens is 325 g/mol. The van der Waals surface area contributed by atoms with Crippen LogP contribution in [0.5, 0.6) is 0 Å². The predicted octanol–water partition coefficient (Wildman–Crippen LogP) is 2.61. The second-order valence-corrected chi connectivity index (χ2v) is 6.12. The van der Waals surface area contributed by atoms with Crippen molar-refractivity contribution in [1.29, 1.82) is 0 Å². The molecular formula is C18H20FN3O3. The van der Waals surface area contributed by atoms with Gasteiger partial charge in [0, 0.05) is 18.7 Å². The number of nitrogens with one attached hydrogen (secondary N) is 1. The van der Waals surface area contributed by atoms with Gasteiger partial charge in [0.2, 0.25) is 5.91 Å². The summed E-state index contributed by atoms with van der Waals surface area (Å²) in [6.07, 6.45) is 4.27. The Morgan fingerprint density at radius 1 is 1.20 bits per heavy atom. The highest BCUT2D eigenvalue weighted by Gasteiger charge is 2.26. The molecule has 1 aromatic carbocycles. The first-order chi connectivity index (χ1) is 12.1. The topological polar surface area (TPSA) is 75.4 Å². The first-order valence-corrected chi connectivity index (χ1v) is 8.35. The van der Waals surface area contributed by atoms with E-state index in [2.05, 4.69) is 10.3 Å². The molecule has 132 valence electrons. The lowest BCUT2D eigenvalue weighted by Gasteiger charge is -2.29. The van der Waals surface area contributed by atoms with Gasteiger partial charge in [0.15, 0.2) is 17.8 Å². The van der Waals surface area contributed by atoms with Crippen LogP contribution >= 0.6 is 0 Å². The molecule has 1 N–H and O–H groups in total. The predicted molar refractivity (Wildman–Crippen MR) is 89.3 cm³/mol. The van der Waals surface area contributed by atoms with Crippen LogP contribution < -0.4 is 5.32 Å². The fourth-order valence-electron chi connectivity index (χ4n) is 2.93. The molecule has 2 heterocycles. The number of benzene rings is 1. The van der Waals surface area contributed by atoms with Gasteiger partial charge in [-0.25, -0.2) is 9.37 Å². The molecule has 1 atom stereocenters. The zero-order valence-electron chi connectivity index (χ0n) is 14.0. The summed E-state index contributed by atoms with van der Waals surface area (Å²) >= 11 is 0. The minimum atomic E-state index is -0.650. The summed E-state index contributed by atoms with van der Waals surface area (Å²) in [4.78, 5) is 30.6. The summed E-state index contributed by atoms with van der Waals surface area (Å²) in [6, 6.07) is 4.93. The Hall–Kier alpha value is -2.70. The lowest BCUT2D eigenvalue weighted by Crippen LogP contribution is -2.48. The monoisotopic (exact) mass is 345 g/mol. The molecule has 3 rings (SSSR count). The van der Waals surface area contributed by atoms with E-state index in [9.17, 15) is 14.0 Å². The highest BCUT2D eigenvalue weighted by molar-refractivity contribution is 6.00. The van der Waals surface area contributed by atoms with Crippen LogP contribution in [0.15, 0.2) is 35.1 Å². The lowest BCUT2D eigenvalue weighted by molar-refractivity contribution is -0.133. The van der Waals surface area contributed by atoms with E-state index in [4.69, 9.17) is 4.42 Å². The number of hydrogen-bond acceptors (Lipinski definition) is 4. The van der Waals surface area contributed by atoms with E-state index < -0.39 is 11.9 Å². The number of halogens is 1. The maximum absolute atomic E-state index is 13.1. The van der Waals surface area contributed by atoms with Gasteiger partial charge in [0.1, 0.15) is 11.9 Å². The average molecular weight is 345 g/mol. The fourth-order valence-corrected chi connectivity index (χ4v) is 2.93. The van der Waals surface area contributed by atoms with E-state index >= 15 is 0 Å². The Kier molecular flexibility index (Phi) is 5.11. The zero-order valence-corrected chi connectivity index (χ0v) is 14.0. The van der Waals surface area contributed by atoms with Crippen LogP contribution in [-0.2, 0) is 4.79 Å². The second kappa shape index (κ2) is 7.46. The Balaban J connectivity index is 1.70. The number of aromatic nitrogens is 1. The molecule has 1 fully saturated rings. The quantitative estimate of drug-likeness (QED) is 0.924. The van der Waals surface area contributed by atoms with Gasteiger partial charge in [-0.3, -0.25) is 9.59 Å². The molecule has 1 aromatic heterocycles. The standard InChI is InChI=1S/C18H20FN3O3/c1-12(18(24)22-9-3-2-4-10-22)21-17(23)15-16(25-11-20-15)13-5-7-14(19)8-6-13/h5-8,11-12H,2-4,9-10H2,1H3,(H,21,23). The Bertz CT molecular complexity index is 751. The molecule has 0 spiro atoms. The van der Waals surface area contributed by atoms with Crippen molar-refractivity contribution in [1.82, 2.24) is 15.2 Å². The van der Waals surface area contributed by atoms with Gasteiger partial charge >= 0.3 is 0 Å². The van der Waals surface area contributed by atoms with Gasteiger partial charge in [-0.15, -0.1) is 0 Å². The second-order valence-electron chi connectivity index (χ2n) is 6.12. The molecule has 7 heteroatoms. The minimum Gasteiger partial charge on any atom is -0.443 e. The van der Waals surface area contributed by atoms with Gasteiger partial charge in [-0.05, 0) is 50.5 Å². The summed E-state index contributed by atoms with van der Waals surface area (Å²) in [5.41, 5.74) is 0.615. The Morgan fingerprint density at radius 2 is 1.88 bits per heavy atom. The van der Waals surface area contributed by atoms with Crippen LogP contribution in [0.1, 0.15) is 36.7 Å². The van der Waals surface area contributed by atoms with Crippen molar-refractivity contribution in [3.8, 4) is 11.3 Å². The molecule has 0 bridgehead atoms. The molecule has 0 radical (unpaired) electrons. The third-order valence-electron chi connectivity index (χ3n) is 4.27. The maximum atomic E-state index is 13.1. The summed E-state index contributed by atoms with van der Waals surface area (Å²) in [5, 5.41) is 2.67. The highest BCUT2D eigenvalue weighted by Crippen LogP contribution is 2.23. The third kappa shape index (κ3) is 3.87. The molecule has 25 heavy (non-hydrogen) atoms. The lowest BCUT2D eigenvalue weighted by atomic mass is 10.1. The first-order valence-electron chi connectivity index (χ1n) is 8.35. The van der Waals surface area contributed by atoms with Crippen molar-refractivity contribution in [2.45, 2.75) is 32.2 Å². The molecule has 0 saturated carbocycles. The summed E-state index contributed by atoms with van der Waals surface area (Å²) in [5.74, 6) is -0.726. The number of oxazole rings is 1. The van der Waals surface area contributed by atoms with Crippen molar-refractivity contribution in [3.63, 3.8) is 0 Å². The van der Waals surface area contributed by atoms with Gasteiger partial charge in [0.25, 0.3) is 5.91 Å². The largest absolute Gasteiger partial charge is 0.443 e. The van der Waals surface area contributed by atoms with Crippen molar-refractivity contribution in [2.24, 2.45) is 0 Å². The summed E-state index contributed by atoms with van der Waals surface area (Å²) in [7, 11) is 0. The number of nitrogens with zero attached hydrogens (tertiary/aromatic N) is 2. The average Bonchev–Trinajstić information content (AvgIpc) is 3.12. The number of likely N-dealkylation sites (tertiary alicyclic amines) is 1. The smallest absolute Gasteiger partial charge is 0.274 e. The molecule has 1 saturated heterocycles. The van der Waals surface area contributed by atoms with Crippen LogP contribution in [0.25, 0.3) is 11.3 Å². The van der Waals surface area contributed by atoms with E-state index in [1.54, 1.807) is 11.8 Å². The Morgan fingerprint density at radius 3 is 2.56 bits per heavy atom. The van der Waals surface area contributed by atoms with Crippen LogP contribution in [0.4, 0.5) is 4.39 Å². The number of piperidine rings is 1. The number of rotatable bonds is 4. The van der Waals surface area contributed by atoms with Crippen LogP contribution in [0, 0.1) is 5.82 Å². The van der Waals surface area contributed by atoms with Gasteiger partial charge < -0.3 is 14.6 Å². The van der Waals surface area contributed by atoms with Crippen LogP contribution in [-0.4, -0.2) is 40.8 Å². The fraction of sp³-hybridized carbons (Fsp3) is 0.389. The van der Waals surface area contributed by atoms with Crippen molar-refractivity contribution in [3.05, 3.63) is 42.2 Å². The van der Waals surface area contributed by atoms with E-state index in [0.29, 0.717) is 5.56 Å². The van der Waals surface area contributed by atoms with Gasteiger partial charge in [0.05, 0.1) is 0 Å².